The van der Waals surface area contributed by atoms with Crippen LogP contribution in [0.5, 0.6) is 5.75 Å². The Balaban J connectivity index is 1.48. The van der Waals surface area contributed by atoms with E-state index in [0.29, 0.717) is 12.8 Å². The average molecular weight is 781 g/mol. The zero-order valence-corrected chi connectivity index (χ0v) is 29.6. The maximum absolute atomic E-state index is 15.5. The highest BCUT2D eigenvalue weighted by atomic mass is 35.5. The molecule has 1 aliphatic carbocycles. The fourth-order valence-corrected chi connectivity index (χ4v) is 8.15. The highest BCUT2D eigenvalue weighted by molar-refractivity contribution is 7.92. The van der Waals surface area contributed by atoms with Gasteiger partial charge in [-0.05, 0) is 58.2 Å². The Morgan fingerprint density at radius 1 is 1.14 bits per heavy atom. The number of hydrogen-bond donors (Lipinski definition) is 1. The second-order valence-corrected chi connectivity index (χ2v) is 16.5. The van der Waals surface area contributed by atoms with Crippen molar-refractivity contribution < 1.29 is 54.7 Å². The van der Waals surface area contributed by atoms with Gasteiger partial charge in [-0.3, -0.25) is 14.6 Å². The number of likely N-dealkylation sites (tertiary alicyclic amines) is 1. The van der Waals surface area contributed by atoms with E-state index in [1.54, 1.807) is 20.8 Å². The van der Waals surface area contributed by atoms with Crippen LogP contribution in [-0.4, -0.2) is 96.2 Å². The van der Waals surface area contributed by atoms with Gasteiger partial charge < -0.3 is 24.5 Å². The minimum Gasteiger partial charge on any atom is -0.484 e. The van der Waals surface area contributed by atoms with E-state index in [1.807, 2.05) is 6.07 Å². The lowest BCUT2D eigenvalue weighted by Crippen LogP contribution is -2.68. The Morgan fingerprint density at radius 3 is 2.35 bits per heavy atom. The number of carbonyl (C=O) groups is 3. The van der Waals surface area contributed by atoms with Crippen molar-refractivity contribution in [3.05, 3.63) is 52.0 Å². The molecule has 5 rings (SSSR count). The molecule has 3 fully saturated rings. The number of pyridine rings is 1. The van der Waals surface area contributed by atoms with Gasteiger partial charge in [0.2, 0.25) is 11.8 Å². The van der Waals surface area contributed by atoms with Crippen LogP contribution in [0.3, 0.4) is 0 Å². The maximum Gasteiger partial charge on any atom is 0.528 e. The highest BCUT2D eigenvalue weighted by Crippen LogP contribution is 2.42. The van der Waals surface area contributed by atoms with Crippen LogP contribution >= 0.6 is 23.2 Å². The molecule has 1 aromatic heterocycles. The first-order valence-electron chi connectivity index (χ1n) is 15.3. The number of rotatable bonds is 9. The number of alkyl halides is 3. The summed E-state index contributed by atoms with van der Waals surface area (Å²) in [7, 11) is -4.50. The molecule has 1 N–H and O–H groups in total. The zero-order valence-electron chi connectivity index (χ0n) is 27.2. The second kappa shape index (κ2) is 13.6. The molecule has 0 unspecified atom stereocenters. The minimum atomic E-state index is -4.67. The minimum absolute atomic E-state index is 0.0949. The van der Waals surface area contributed by atoms with E-state index in [2.05, 4.69) is 15.0 Å². The van der Waals surface area contributed by atoms with Gasteiger partial charge in [-0.2, -0.15) is 18.4 Å². The van der Waals surface area contributed by atoms with E-state index >= 15 is 4.39 Å². The number of amides is 2. The number of aromatic nitrogens is 1. The van der Waals surface area contributed by atoms with Crippen LogP contribution in [0.4, 0.5) is 22.4 Å². The zero-order chi connectivity index (χ0) is 37.7. The second-order valence-electron chi connectivity index (χ2n) is 13.5. The first kappa shape index (κ1) is 38.3. The summed E-state index contributed by atoms with van der Waals surface area (Å²) in [5, 5.41) is 11.1. The van der Waals surface area contributed by atoms with Crippen LogP contribution < -0.4 is 10.1 Å². The van der Waals surface area contributed by atoms with Crippen LogP contribution in [0.2, 0.25) is 10.0 Å². The molecule has 2 atom stereocenters. The summed E-state index contributed by atoms with van der Waals surface area (Å²) >= 11 is 12.1. The van der Waals surface area contributed by atoms with Gasteiger partial charge in [0, 0.05) is 18.8 Å². The summed E-state index contributed by atoms with van der Waals surface area (Å²) in [6.45, 7) is 1.55. The molecule has 0 spiro atoms. The summed E-state index contributed by atoms with van der Waals surface area (Å²) in [6, 6.07) is 4.22. The van der Waals surface area contributed by atoms with Gasteiger partial charge in [-0.15, -0.1) is 5.06 Å². The normalized spacial score (nSPS) is 21.2. The summed E-state index contributed by atoms with van der Waals surface area (Å²) in [6.07, 6.45) is -4.56. The number of nitrogens with zero attached hydrogens (tertiary/aromatic N) is 4. The molecular formula is C31H31Cl2F4N5O8S. The largest absolute Gasteiger partial charge is 0.528 e. The molecule has 20 heteroatoms. The average Bonchev–Trinajstić information content (AvgIpc) is 3.61. The molecule has 51 heavy (non-hydrogen) atoms. The number of halogens is 6. The van der Waals surface area contributed by atoms with Crippen molar-refractivity contribution in [2.45, 2.75) is 79.0 Å². The molecular weight excluding hydrogens is 749 g/mol. The molecule has 1 saturated carbocycles. The number of sulfone groups is 1. The fourth-order valence-electron chi connectivity index (χ4n) is 5.77. The Morgan fingerprint density at radius 2 is 1.80 bits per heavy atom. The van der Waals surface area contributed by atoms with E-state index < -0.39 is 116 Å². The number of nitrogens with one attached hydrogen (secondary N) is 1. The molecule has 3 heterocycles. The van der Waals surface area contributed by atoms with Crippen LogP contribution in [-0.2, 0) is 34.4 Å². The summed E-state index contributed by atoms with van der Waals surface area (Å²) < 4.78 is 91.1. The summed E-state index contributed by atoms with van der Waals surface area (Å²) in [5.41, 5.74) is -4.49. The first-order chi connectivity index (χ1) is 23.6. The molecule has 276 valence electrons. The van der Waals surface area contributed by atoms with Gasteiger partial charge in [0.1, 0.15) is 34.2 Å². The van der Waals surface area contributed by atoms with Crippen molar-refractivity contribution in [1.29, 1.82) is 5.26 Å². The SMILES string of the molecule is CC(C)(C)OC(=O)ON1CC(C(=O)N2C[C@H](S(=O)(=O)c3ccc(OCC(F)(F)F)cc3Cl)C[C@H]2C(=O)NC2(C#N)CC2)(c2ncc(Cl)cc2F)C1. The Hall–Kier alpha value is -3.92. The third-order valence-electron chi connectivity index (χ3n) is 8.36. The topological polar surface area (TPSA) is 168 Å². The Labute approximate surface area is 299 Å². The van der Waals surface area contributed by atoms with E-state index in [1.165, 1.54) is 0 Å². The third kappa shape index (κ3) is 8.27. The number of hydrogen-bond acceptors (Lipinski definition) is 11. The quantitative estimate of drug-likeness (QED) is 0.281. The van der Waals surface area contributed by atoms with Gasteiger partial charge in [-0.25, -0.2) is 17.6 Å². The standard InChI is InChI=1S/C31H31Cl2F4N5O8S/c1-28(2,3)49-27(45)50-41-14-30(15-41,24-21(34)8-17(32)11-39-24)26(44)42-12-19(10-22(42)25(43)40-29(13-38)6-7-29)51(46,47)23-5-4-18(9-20(23)33)48-16-31(35,36)37/h4-5,8-9,11,19,22H,6-7,10,12,14-16H2,1-3H3,(H,40,43)/t19-,22+/m1/s1. The molecule has 2 aromatic rings. The summed E-state index contributed by atoms with van der Waals surface area (Å²) in [4.78, 5) is 50.3. The van der Waals surface area contributed by atoms with E-state index in [9.17, 15) is 41.2 Å². The van der Waals surface area contributed by atoms with Gasteiger partial charge in [0.15, 0.2) is 16.4 Å². The van der Waals surface area contributed by atoms with Gasteiger partial charge in [-0.1, -0.05) is 23.2 Å². The molecule has 13 nitrogen and oxygen atoms in total. The van der Waals surface area contributed by atoms with Gasteiger partial charge in [0.25, 0.3) is 0 Å². The molecule has 2 aliphatic heterocycles. The van der Waals surface area contributed by atoms with Crippen LogP contribution in [0.15, 0.2) is 35.4 Å². The smallest absolute Gasteiger partial charge is 0.484 e. The van der Waals surface area contributed by atoms with Crippen molar-refractivity contribution in [1.82, 2.24) is 20.3 Å². The van der Waals surface area contributed by atoms with E-state index in [4.69, 9.17) is 32.8 Å². The molecule has 2 saturated heterocycles. The Bertz CT molecular complexity index is 1890. The fraction of sp³-hybridized carbons (Fsp3) is 0.516. The Kier molecular flexibility index (Phi) is 10.2. The lowest BCUT2D eigenvalue weighted by atomic mass is 9.75. The van der Waals surface area contributed by atoms with Gasteiger partial charge in [0.05, 0.1) is 45.0 Å². The number of benzene rings is 1. The number of ether oxygens (including phenoxy) is 2. The lowest BCUT2D eigenvalue weighted by Gasteiger charge is -2.48. The summed E-state index contributed by atoms with van der Waals surface area (Å²) in [5.74, 6) is -3.14. The lowest BCUT2D eigenvalue weighted by molar-refractivity contribution is -0.212. The highest BCUT2D eigenvalue weighted by Gasteiger charge is 2.60. The monoisotopic (exact) mass is 779 g/mol. The number of nitriles is 1. The maximum atomic E-state index is 15.5. The number of hydroxylamine groups is 2. The van der Waals surface area contributed by atoms with Crippen LogP contribution in [0.1, 0.15) is 45.7 Å². The molecule has 3 aliphatic rings. The van der Waals surface area contributed by atoms with Crippen molar-refractivity contribution in [3.8, 4) is 11.8 Å². The predicted molar refractivity (Wildman–Crippen MR) is 170 cm³/mol. The third-order valence-corrected chi connectivity index (χ3v) is 11.2. The van der Waals surface area contributed by atoms with Crippen molar-refractivity contribution in [2.24, 2.45) is 0 Å². The van der Waals surface area contributed by atoms with E-state index in [0.717, 1.165) is 40.4 Å². The molecule has 1 aromatic carbocycles. The molecule has 2 amide bonds. The molecule has 0 radical (unpaired) electrons. The van der Waals surface area contributed by atoms with E-state index in [-0.39, 0.29) is 10.8 Å². The predicted octanol–water partition coefficient (Wildman–Crippen LogP) is 4.50. The first-order valence-corrected chi connectivity index (χ1v) is 17.6. The van der Waals surface area contributed by atoms with Crippen molar-refractivity contribution in [2.75, 3.05) is 26.2 Å². The van der Waals surface area contributed by atoms with Crippen molar-refractivity contribution in [3.63, 3.8) is 0 Å². The molecule has 0 bridgehead atoms. The van der Waals surface area contributed by atoms with Crippen LogP contribution in [0.25, 0.3) is 0 Å². The number of carbonyl (C=O) groups excluding carboxylic acids is 3. The van der Waals surface area contributed by atoms with Crippen LogP contribution in [0, 0.1) is 17.1 Å². The van der Waals surface area contributed by atoms with Gasteiger partial charge >= 0.3 is 12.3 Å². The van der Waals surface area contributed by atoms with Crippen molar-refractivity contribution >= 4 is 51.0 Å².